The minimum Gasteiger partial charge on any atom is -0.238 e. The quantitative estimate of drug-likeness (QED) is 0.159. The van der Waals surface area contributed by atoms with E-state index in [0.717, 1.165) is 33.0 Å². The molecule has 0 aliphatic heterocycles. The third-order valence-corrected chi connectivity index (χ3v) is 8.10. The molecule has 1 aromatic heterocycles. The molecule has 0 unspecified atom stereocenters. The molecule has 0 radical (unpaired) electrons. The van der Waals surface area contributed by atoms with Crippen molar-refractivity contribution in [2.75, 3.05) is 0 Å². The maximum absolute atomic E-state index is 7.42. The Labute approximate surface area is 254 Å². The SMILES string of the molecule is [C-]#[N+]c1ccc2c(ccc3cc(-c4ccc(-c5nc(-c6ccccc6)nc(-c6ccccc6)n5)cc4)c4ccccc4c32)c1. The maximum Gasteiger partial charge on any atom is 0.187 e. The van der Waals surface area contributed by atoms with Crippen molar-refractivity contribution in [2.24, 2.45) is 0 Å². The lowest BCUT2D eigenvalue weighted by atomic mass is 9.90. The molecule has 0 aliphatic carbocycles. The summed E-state index contributed by atoms with van der Waals surface area (Å²) in [5, 5.41) is 7.00. The summed E-state index contributed by atoms with van der Waals surface area (Å²) in [5.41, 5.74) is 5.77. The first-order valence-electron chi connectivity index (χ1n) is 14.5. The fraction of sp³-hybridized carbons (Fsp3) is 0. The normalized spacial score (nSPS) is 11.2. The number of fused-ring (bicyclic) bond motifs is 5. The molecule has 0 saturated heterocycles. The molecule has 7 aromatic carbocycles. The van der Waals surface area contributed by atoms with Gasteiger partial charge in [-0.2, -0.15) is 0 Å². The maximum atomic E-state index is 7.42. The van der Waals surface area contributed by atoms with Gasteiger partial charge in [0.05, 0.1) is 6.57 Å². The second kappa shape index (κ2) is 10.6. The van der Waals surface area contributed by atoms with E-state index in [1.807, 2.05) is 72.8 Å². The molecule has 0 atom stereocenters. The minimum absolute atomic E-state index is 0.637. The van der Waals surface area contributed by atoms with Crippen molar-refractivity contribution in [3.8, 4) is 45.3 Å². The second-order valence-corrected chi connectivity index (χ2v) is 10.8. The van der Waals surface area contributed by atoms with Crippen molar-refractivity contribution in [1.82, 2.24) is 15.0 Å². The predicted octanol–water partition coefficient (Wildman–Crippen LogP) is 10.5. The Morgan fingerprint density at radius 3 is 1.55 bits per heavy atom. The average Bonchev–Trinajstić information content (AvgIpc) is 3.11. The molecule has 8 rings (SSSR count). The van der Waals surface area contributed by atoms with Gasteiger partial charge in [0.1, 0.15) is 0 Å². The fourth-order valence-electron chi connectivity index (χ4n) is 5.97. The third-order valence-electron chi connectivity index (χ3n) is 8.10. The highest BCUT2D eigenvalue weighted by Gasteiger charge is 2.14. The first-order valence-corrected chi connectivity index (χ1v) is 14.5. The molecule has 0 amide bonds. The summed E-state index contributed by atoms with van der Waals surface area (Å²) < 4.78 is 0. The van der Waals surface area contributed by atoms with Crippen molar-refractivity contribution in [3.63, 3.8) is 0 Å². The van der Waals surface area contributed by atoms with E-state index < -0.39 is 0 Å². The standard InChI is InChI=1S/C40H24N4/c1-41-32-22-23-33-30(24-32)20-21-31-25-36(34-14-8-9-15-35(34)37(31)33)26-16-18-29(19-17-26)40-43-38(27-10-4-2-5-11-27)42-39(44-40)28-12-6-3-7-13-28/h2-25H. The Hall–Kier alpha value is -6.18. The van der Waals surface area contributed by atoms with Gasteiger partial charge in [0.15, 0.2) is 23.2 Å². The van der Waals surface area contributed by atoms with Gasteiger partial charge in [0.25, 0.3) is 0 Å². The lowest BCUT2D eigenvalue weighted by Crippen LogP contribution is -2.00. The number of nitrogens with zero attached hydrogens (tertiary/aromatic N) is 4. The zero-order valence-corrected chi connectivity index (χ0v) is 23.6. The number of rotatable bonds is 4. The monoisotopic (exact) mass is 560 g/mol. The fourth-order valence-corrected chi connectivity index (χ4v) is 5.97. The summed E-state index contributed by atoms with van der Waals surface area (Å²) in [6, 6.07) is 49.6. The number of hydrogen-bond donors (Lipinski definition) is 0. The smallest absolute Gasteiger partial charge is 0.187 e. The van der Waals surface area contributed by atoms with Crippen molar-refractivity contribution in [3.05, 3.63) is 157 Å². The Balaban J connectivity index is 1.26. The van der Waals surface area contributed by atoms with Crippen LogP contribution in [0.1, 0.15) is 0 Å². The molecule has 1 heterocycles. The van der Waals surface area contributed by atoms with Gasteiger partial charge >= 0.3 is 0 Å². The largest absolute Gasteiger partial charge is 0.238 e. The molecule has 0 spiro atoms. The highest BCUT2D eigenvalue weighted by atomic mass is 15.0. The van der Waals surface area contributed by atoms with E-state index in [1.165, 1.54) is 27.1 Å². The third kappa shape index (κ3) is 4.45. The van der Waals surface area contributed by atoms with E-state index in [0.29, 0.717) is 23.2 Å². The molecule has 4 nitrogen and oxygen atoms in total. The average molecular weight is 561 g/mol. The van der Waals surface area contributed by atoms with E-state index in [2.05, 4.69) is 77.6 Å². The molecule has 8 aromatic rings. The van der Waals surface area contributed by atoms with E-state index in [-0.39, 0.29) is 0 Å². The molecule has 0 saturated carbocycles. The Morgan fingerprint density at radius 2 is 0.932 bits per heavy atom. The van der Waals surface area contributed by atoms with E-state index >= 15 is 0 Å². The van der Waals surface area contributed by atoms with Crippen LogP contribution in [0.2, 0.25) is 0 Å². The summed E-state index contributed by atoms with van der Waals surface area (Å²) in [6.45, 7) is 7.42. The van der Waals surface area contributed by atoms with Gasteiger partial charge in [0, 0.05) is 16.7 Å². The predicted molar refractivity (Wildman–Crippen MR) is 180 cm³/mol. The molecule has 204 valence electrons. The van der Waals surface area contributed by atoms with Crippen LogP contribution in [0.3, 0.4) is 0 Å². The zero-order chi connectivity index (χ0) is 29.5. The van der Waals surface area contributed by atoms with Gasteiger partial charge in [-0.25, -0.2) is 19.8 Å². The van der Waals surface area contributed by atoms with Crippen molar-refractivity contribution < 1.29 is 0 Å². The number of hydrogen-bond acceptors (Lipinski definition) is 3. The Bertz CT molecular complexity index is 2320. The molecule has 0 aliphatic rings. The Morgan fingerprint density at radius 1 is 0.409 bits per heavy atom. The van der Waals surface area contributed by atoms with Crippen molar-refractivity contribution >= 4 is 38.0 Å². The Kier molecular flexibility index (Phi) is 6.14. The number of benzene rings is 7. The highest BCUT2D eigenvalue weighted by molar-refractivity contribution is 6.23. The topological polar surface area (TPSA) is 43.0 Å². The summed E-state index contributed by atoms with van der Waals surface area (Å²) in [4.78, 5) is 18.2. The first-order chi connectivity index (χ1) is 21.7. The molecular weight excluding hydrogens is 536 g/mol. The molecule has 0 fully saturated rings. The van der Waals surface area contributed by atoms with Crippen LogP contribution in [0, 0.1) is 6.57 Å². The molecule has 4 heteroatoms. The van der Waals surface area contributed by atoms with Gasteiger partial charge < -0.3 is 0 Å². The van der Waals surface area contributed by atoms with E-state index in [4.69, 9.17) is 21.5 Å². The van der Waals surface area contributed by atoms with E-state index in [9.17, 15) is 0 Å². The van der Waals surface area contributed by atoms with Crippen LogP contribution >= 0.6 is 0 Å². The van der Waals surface area contributed by atoms with Crippen LogP contribution in [0.25, 0.3) is 82.5 Å². The highest BCUT2D eigenvalue weighted by Crippen LogP contribution is 2.39. The van der Waals surface area contributed by atoms with Gasteiger partial charge in [0.2, 0.25) is 0 Å². The van der Waals surface area contributed by atoms with Gasteiger partial charge in [-0.05, 0) is 55.6 Å². The van der Waals surface area contributed by atoms with Gasteiger partial charge in [-0.15, -0.1) is 0 Å². The molecule has 0 N–H and O–H groups in total. The van der Waals surface area contributed by atoms with Crippen molar-refractivity contribution in [1.29, 1.82) is 0 Å². The van der Waals surface area contributed by atoms with Crippen LogP contribution in [-0.4, -0.2) is 15.0 Å². The zero-order valence-electron chi connectivity index (χ0n) is 23.6. The van der Waals surface area contributed by atoms with E-state index in [1.54, 1.807) is 0 Å². The van der Waals surface area contributed by atoms with Gasteiger partial charge in [-0.3, -0.25) is 0 Å². The number of aromatic nitrogens is 3. The van der Waals surface area contributed by atoms with Crippen LogP contribution in [0.15, 0.2) is 146 Å². The summed E-state index contributed by atoms with van der Waals surface area (Å²) in [6.07, 6.45) is 0. The van der Waals surface area contributed by atoms with Crippen LogP contribution < -0.4 is 0 Å². The first kappa shape index (κ1) is 25.5. The minimum atomic E-state index is 0.637. The second-order valence-electron chi connectivity index (χ2n) is 10.8. The summed E-state index contributed by atoms with van der Waals surface area (Å²) in [7, 11) is 0. The molecular formula is C40H24N4. The van der Waals surface area contributed by atoms with Crippen LogP contribution in [0.5, 0.6) is 0 Å². The summed E-state index contributed by atoms with van der Waals surface area (Å²) >= 11 is 0. The van der Waals surface area contributed by atoms with Crippen molar-refractivity contribution in [2.45, 2.75) is 0 Å². The summed E-state index contributed by atoms with van der Waals surface area (Å²) in [5.74, 6) is 1.93. The lowest BCUT2D eigenvalue weighted by Gasteiger charge is -2.14. The molecule has 44 heavy (non-hydrogen) atoms. The van der Waals surface area contributed by atoms with Gasteiger partial charge in [-0.1, -0.05) is 133 Å². The van der Waals surface area contributed by atoms with Crippen LogP contribution in [0.4, 0.5) is 5.69 Å². The van der Waals surface area contributed by atoms with Crippen LogP contribution in [-0.2, 0) is 0 Å². The molecule has 0 bridgehead atoms. The lowest BCUT2D eigenvalue weighted by molar-refractivity contribution is 1.07.